The molecule has 0 saturated carbocycles. The molecule has 1 aromatic rings. The molecule has 1 aromatic heterocycles. The number of ether oxygens (including phenoxy) is 1. The van der Waals surface area contributed by atoms with Crippen LogP contribution in [0.1, 0.15) is 19.5 Å². The number of rotatable bonds is 5. The van der Waals surface area contributed by atoms with E-state index in [0.29, 0.717) is 0 Å². The van der Waals surface area contributed by atoms with Crippen LogP contribution in [0.25, 0.3) is 0 Å². The number of methoxy groups -OCH3 is 1. The van der Waals surface area contributed by atoms with E-state index in [1.165, 1.54) is 27.8 Å². The van der Waals surface area contributed by atoms with Gasteiger partial charge in [-0.15, -0.1) is 0 Å². The SMILES string of the molecule is COC(=O)C(N(C)c1nc(Cl)nc(C)c1[N+](=O)[O-])C(C)(C)O. The lowest BCUT2D eigenvalue weighted by atomic mass is 9.97. The zero-order valence-electron chi connectivity index (χ0n) is 12.8. The van der Waals surface area contributed by atoms with Crippen LogP contribution in [0, 0.1) is 17.0 Å². The maximum atomic E-state index is 12.0. The highest BCUT2D eigenvalue weighted by Gasteiger charge is 2.41. The average Bonchev–Trinajstić information content (AvgIpc) is 2.35. The Balaban J connectivity index is 3.51. The number of nitrogens with zero attached hydrogens (tertiary/aromatic N) is 4. The van der Waals surface area contributed by atoms with Crippen molar-refractivity contribution >= 4 is 29.1 Å². The van der Waals surface area contributed by atoms with Crippen molar-refractivity contribution in [2.24, 2.45) is 0 Å². The minimum atomic E-state index is -1.54. The summed E-state index contributed by atoms with van der Waals surface area (Å²) in [6.07, 6.45) is 0. The number of carbonyl (C=O) groups is 1. The van der Waals surface area contributed by atoms with Crippen molar-refractivity contribution in [2.75, 3.05) is 19.1 Å². The summed E-state index contributed by atoms with van der Waals surface area (Å²) in [4.78, 5) is 31.2. The summed E-state index contributed by atoms with van der Waals surface area (Å²) in [5.41, 5.74) is -1.89. The summed E-state index contributed by atoms with van der Waals surface area (Å²) in [5, 5.41) is 21.2. The Morgan fingerprint density at radius 2 is 2.05 bits per heavy atom. The zero-order chi connectivity index (χ0) is 17.2. The van der Waals surface area contributed by atoms with E-state index in [9.17, 15) is 20.0 Å². The summed E-state index contributed by atoms with van der Waals surface area (Å²) in [6, 6.07) is -1.22. The quantitative estimate of drug-likeness (QED) is 0.368. The molecule has 0 fully saturated rings. The van der Waals surface area contributed by atoms with Crippen molar-refractivity contribution in [1.29, 1.82) is 0 Å². The Morgan fingerprint density at radius 1 is 1.50 bits per heavy atom. The fourth-order valence-electron chi connectivity index (χ4n) is 2.13. The standard InChI is InChI=1S/C12H17ClN4O5/c1-6-7(17(20)21)9(15-11(13)14-6)16(4)8(10(18)22-5)12(2,3)19/h8,19H,1-5H3. The van der Waals surface area contributed by atoms with E-state index in [4.69, 9.17) is 11.6 Å². The van der Waals surface area contributed by atoms with E-state index >= 15 is 0 Å². The van der Waals surface area contributed by atoms with Gasteiger partial charge in [0.2, 0.25) is 11.1 Å². The molecule has 0 radical (unpaired) electrons. The van der Waals surface area contributed by atoms with Crippen LogP contribution in [-0.4, -0.2) is 51.8 Å². The van der Waals surface area contributed by atoms with Gasteiger partial charge in [-0.25, -0.2) is 9.78 Å². The molecule has 0 saturated heterocycles. The molecule has 22 heavy (non-hydrogen) atoms. The van der Waals surface area contributed by atoms with E-state index in [-0.39, 0.29) is 16.8 Å². The predicted molar refractivity (Wildman–Crippen MR) is 78.9 cm³/mol. The van der Waals surface area contributed by atoms with Gasteiger partial charge in [0.1, 0.15) is 5.69 Å². The molecule has 0 aliphatic heterocycles. The van der Waals surface area contributed by atoms with Gasteiger partial charge in [0, 0.05) is 7.05 Å². The first kappa shape index (κ1) is 18.1. The molecule has 0 aliphatic rings. The maximum Gasteiger partial charge on any atom is 0.332 e. The smallest absolute Gasteiger partial charge is 0.332 e. The van der Waals surface area contributed by atoms with Crippen molar-refractivity contribution in [3.8, 4) is 0 Å². The molecule has 1 heterocycles. The molecule has 0 bridgehead atoms. The molecular formula is C12H17ClN4O5. The van der Waals surface area contributed by atoms with Crippen LogP contribution in [0.4, 0.5) is 11.5 Å². The Morgan fingerprint density at radius 3 is 2.45 bits per heavy atom. The summed E-state index contributed by atoms with van der Waals surface area (Å²) >= 11 is 5.75. The lowest BCUT2D eigenvalue weighted by molar-refractivity contribution is -0.385. The number of aryl methyl sites for hydroxylation is 1. The molecule has 122 valence electrons. The monoisotopic (exact) mass is 332 g/mol. The van der Waals surface area contributed by atoms with E-state index in [0.717, 1.165) is 12.0 Å². The van der Waals surface area contributed by atoms with Gasteiger partial charge in [-0.1, -0.05) is 0 Å². The summed E-state index contributed by atoms with van der Waals surface area (Å²) in [7, 11) is 2.53. The molecule has 0 aromatic carbocycles. The first-order chi connectivity index (χ1) is 10.0. The molecule has 0 amide bonds. The van der Waals surface area contributed by atoms with Crippen LogP contribution in [0.15, 0.2) is 0 Å². The summed E-state index contributed by atoms with van der Waals surface area (Å²) in [5.74, 6) is -0.947. The average molecular weight is 333 g/mol. The third kappa shape index (κ3) is 3.60. The molecule has 0 spiro atoms. The fraction of sp³-hybridized carbons (Fsp3) is 0.583. The second-order valence-corrected chi connectivity index (χ2v) is 5.54. The van der Waals surface area contributed by atoms with Gasteiger partial charge in [0.25, 0.3) is 0 Å². The number of aromatic nitrogens is 2. The topological polar surface area (TPSA) is 119 Å². The Kier molecular flexibility index (Phi) is 5.26. The van der Waals surface area contributed by atoms with Gasteiger partial charge in [0.05, 0.1) is 17.6 Å². The molecular weight excluding hydrogens is 316 g/mol. The number of nitro groups is 1. The third-order valence-corrected chi connectivity index (χ3v) is 3.18. The first-order valence-corrected chi connectivity index (χ1v) is 6.60. The number of esters is 1. The van der Waals surface area contributed by atoms with E-state index in [1.54, 1.807) is 0 Å². The summed E-state index contributed by atoms with van der Waals surface area (Å²) in [6.45, 7) is 4.17. The minimum Gasteiger partial charge on any atom is -0.467 e. The number of hydrogen-bond donors (Lipinski definition) is 1. The Hall–Kier alpha value is -2.00. The van der Waals surface area contributed by atoms with Gasteiger partial charge < -0.3 is 14.7 Å². The van der Waals surface area contributed by atoms with Crippen molar-refractivity contribution in [1.82, 2.24) is 9.97 Å². The number of anilines is 1. The highest BCUT2D eigenvalue weighted by Crippen LogP contribution is 2.32. The largest absolute Gasteiger partial charge is 0.467 e. The van der Waals surface area contributed by atoms with Crippen LogP contribution < -0.4 is 4.90 Å². The normalized spacial score (nSPS) is 12.7. The first-order valence-electron chi connectivity index (χ1n) is 6.22. The van der Waals surface area contributed by atoms with Gasteiger partial charge in [-0.3, -0.25) is 10.1 Å². The number of aliphatic hydroxyl groups is 1. The van der Waals surface area contributed by atoms with Gasteiger partial charge in [-0.2, -0.15) is 4.98 Å². The summed E-state index contributed by atoms with van der Waals surface area (Å²) < 4.78 is 4.66. The molecule has 1 rings (SSSR count). The molecule has 1 N–H and O–H groups in total. The fourth-order valence-corrected chi connectivity index (χ4v) is 2.34. The van der Waals surface area contributed by atoms with E-state index in [1.807, 2.05) is 0 Å². The van der Waals surface area contributed by atoms with E-state index < -0.39 is 28.2 Å². The maximum absolute atomic E-state index is 12.0. The number of halogens is 1. The van der Waals surface area contributed by atoms with Crippen LogP contribution in [0.3, 0.4) is 0 Å². The number of hydrogen-bond acceptors (Lipinski definition) is 8. The second kappa shape index (κ2) is 6.41. The van der Waals surface area contributed by atoms with Crippen LogP contribution in [-0.2, 0) is 9.53 Å². The lowest BCUT2D eigenvalue weighted by Gasteiger charge is -2.34. The molecule has 9 nitrogen and oxygen atoms in total. The van der Waals surface area contributed by atoms with Crippen molar-refractivity contribution < 1.29 is 19.6 Å². The molecule has 0 aliphatic carbocycles. The number of carbonyl (C=O) groups excluding carboxylic acids is 1. The molecule has 1 atom stereocenters. The molecule has 1 unspecified atom stereocenters. The minimum absolute atomic E-state index is 0.0474. The number of likely N-dealkylation sites (N-methyl/N-ethyl adjacent to an activating group) is 1. The third-order valence-electron chi connectivity index (χ3n) is 3.01. The molecule has 10 heteroatoms. The highest BCUT2D eigenvalue weighted by molar-refractivity contribution is 6.28. The van der Waals surface area contributed by atoms with Crippen LogP contribution >= 0.6 is 11.6 Å². The lowest BCUT2D eigenvalue weighted by Crippen LogP contribution is -2.54. The van der Waals surface area contributed by atoms with Crippen LogP contribution in [0.5, 0.6) is 0 Å². The predicted octanol–water partition coefficient (Wildman–Crippen LogP) is 1.10. The van der Waals surface area contributed by atoms with Gasteiger partial charge in [0.15, 0.2) is 6.04 Å². The zero-order valence-corrected chi connectivity index (χ0v) is 13.6. The van der Waals surface area contributed by atoms with Gasteiger partial charge >= 0.3 is 11.7 Å². The highest BCUT2D eigenvalue weighted by atomic mass is 35.5. The second-order valence-electron chi connectivity index (χ2n) is 5.20. The van der Waals surface area contributed by atoms with Crippen molar-refractivity contribution in [2.45, 2.75) is 32.4 Å². The van der Waals surface area contributed by atoms with Crippen molar-refractivity contribution in [3.05, 3.63) is 21.1 Å². The Bertz CT molecular complexity index is 602. The van der Waals surface area contributed by atoms with Gasteiger partial charge in [-0.05, 0) is 32.4 Å². The van der Waals surface area contributed by atoms with Crippen molar-refractivity contribution in [3.63, 3.8) is 0 Å². The van der Waals surface area contributed by atoms with E-state index in [2.05, 4.69) is 14.7 Å². The van der Waals surface area contributed by atoms with Crippen LogP contribution in [0.2, 0.25) is 5.28 Å². The Labute approximate surface area is 132 Å².